The molecule has 0 bridgehead atoms. The SMILES string of the molecule is CC(C)C(=O)N[C@H](c1ccccc1)c1ccc(CCCn2cc(COCc3cn(CCCc4ccc([C@@H](NC(=O)C(C)C)c5ccccc5)cc4)nn3)nn2)cc1. The van der Waals surface area contributed by atoms with Crippen LogP contribution in [0.4, 0.5) is 0 Å². The summed E-state index contributed by atoms with van der Waals surface area (Å²) in [5.41, 5.74) is 8.24. The second-order valence-corrected chi connectivity index (χ2v) is 15.1. The molecule has 0 aliphatic rings. The lowest BCUT2D eigenvalue weighted by Gasteiger charge is -2.21. The van der Waals surface area contributed by atoms with E-state index in [1.807, 2.05) is 110 Å². The van der Waals surface area contributed by atoms with Crippen molar-refractivity contribution in [2.45, 2.75) is 91.8 Å². The van der Waals surface area contributed by atoms with Gasteiger partial charge in [0.05, 0.1) is 37.7 Å². The summed E-state index contributed by atoms with van der Waals surface area (Å²) in [6.07, 6.45) is 7.48. The molecule has 0 radical (unpaired) electrons. The number of aryl methyl sites for hydroxylation is 4. The average Bonchev–Trinajstić information content (AvgIpc) is 3.89. The Hall–Kier alpha value is -5.94. The third-order valence-corrected chi connectivity index (χ3v) is 9.89. The van der Waals surface area contributed by atoms with Crippen molar-refractivity contribution in [3.8, 4) is 0 Å². The van der Waals surface area contributed by atoms with Crippen molar-refractivity contribution in [2.24, 2.45) is 11.8 Å². The van der Waals surface area contributed by atoms with Gasteiger partial charge in [0.25, 0.3) is 0 Å². The van der Waals surface area contributed by atoms with Crippen molar-refractivity contribution in [1.82, 2.24) is 40.6 Å². The Labute approximate surface area is 335 Å². The number of hydrogen-bond donors (Lipinski definition) is 2. The molecular formula is C46H54N8O3. The molecular weight excluding hydrogens is 713 g/mol. The van der Waals surface area contributed by atoms with Crippen LogP contribution in [0, 0.1) is 11.8 Å². The summed E-state index contributed by atoms with van der Waals surface area (Å²) < 4.78 is 9.61. The molecule has 6 aromatic rings. The molecule has 4 aromatic carbocycles. The first-order chi connectivity index (χ1) is 27.7. The number of benzene rings is 4. The lowest BCUT2D eigenvalue weighted by molar-refractivity contribution is -0.125. The molecule has 0 spiro atoms. The first-order valence-electron chi connectivity index (χ1n) is 20.0. The van der Waals surface area contributed by atoms with E-state index in [-0.39, 0.29) is 35.7 Å². The maximum absolute atomic E-state index is 12.6. The number of amides is 2. The van der Waals surface area contributed by atoms with Crippen LogP contribution in [-0.4, -0.2) is 41.8 Å². The molecule has 0 aliphatic heterocycles. The molecule has 296 valence electrons. The minimum absolute atomic E-state index is 0.0320. The number of carbonyl (C=O) groups is 2. The Morgan fingerprint density at radius 3 is 1.28 bits per heavy atom. The Morgan fingerprint density at radius 2 is 0.912 bits per heavy atom. The van der Waals surface area contributed by atoms with Gasteiger partial charge in [0.1, 0.15) is 11.4 Å². The number of nitrogens with one attached hydrogen (secondary N) is 2. The smallest absolute Gasteiger partial charge is 0.223 e. The van der Waals surface area contributed by atoms with Gasteiger partial charge in [-0.1, -0.05) is 147 Å². The summed E-state index contributed by atoms with van der Waals surface area (Å²) in [5.74, 6) is -0.115. The zero-order valence-corrected chi connectivity index (χ0v) is 33.4. The summed E-state index contributed by atoms with van der Waals surface area (Å²) in [5, 5.41) is 23.6. The summed E-state index contributed by atoms with van der Waals surface area (Å²) >= 11 is 0. The molecule has 0 saturated carbocycles. The highest BCUT2D eigenvalue weighted by atomic mass is 16.5. The van der Waals surface area contributed by atoms with Gasteiger partial charge in [0.15, 0.2) is 0 Å². The van der Waals surface area contributed by atoms with Crippen LogP contribution in [0.3, 0.4) is 0 Å². The first-order valence-corrected chi connectivity index (χ1v) is 20.0. The molecule has 6 rings (SSSR count). The fourth-order valence-corrected chi connectivity index (χ4v) is 6.56. The van der Waals surface area contributed by atoms with Gasteiger partial charge in [-0.25, -0.2) is 0 Å². The zero-order chi connectivity index (χ0) is 40.0. The molecule has 11 nitrogen and oxygen atoms in total. The molecule has 57 heavy (non-hydrogen) atoms. The predicted molar refractivity (Wildman–Crippen MR) is 221 cm³/mol. The van der Waals surface area contributed by atoms with E-state index in [9.17, 15) is 9.59 Å². The van der Waals surface area contributed by atoms with Crippen molar-refractivity contribution in [3.05, 3.63) is 166 Å². The van der Waals surface area contributed by atoms with Gasteiger partial charge in [-0.3, -0.25) is 19.0 Å². The highest BCUT2D eigenvalue weighted by Gasteiger charge is 2.20. The number of aromatic nitrogens is 6. The largest absolute Gasteiger partial charge is 0.369 e. The highest BCUT2D eigenvalue weighted by Crippen LogP contribution is 2.25. The van der Waals surface area contributed by atoms with Gasteiger partial charge in [0, 0.05) is 24.9 Å². The number of carbonyl (C=O) groups excluding carboxylic acids is 2. The summed E-state index contributed by atoms with van der Waals surface area (Å²) in [7, 11) is 0. The van der Waals surface area contributed by atoms with Gasteiger partial charge in [0.2, 0.25) is 11.8 Å². The topological polar surface area (TPSA) is 129 Å². The second kappa shape index (κ2) is 20.3. The first kappa shape index (κ1) is 40.7. The van der Waals surface area contributed by atoms with E-state index in [2.05, 4.69) is 79.8 Å². The van der Waals surface area contributed by atoms with Crippen molar-refractivity contribution < 1.29 is 14.3 Å². The average molecular weight is 767 g/mol. The third kappa shape index (κ3) is 12.0. The van der Waals surface area contributed by atoms with E-state index < -0.39 is 0 Å². The van der Waals surface area contributed by atoms with E-state index in [4.69, 9.17) is 4.74 Å². The molecule has 2 atom stereocenters. The fraction of sp³-hybridized carbons (Fsp3) is 0.348. The van der Waals surface area contributed by atoms with Gasteiger partial charge in [-0.05, 0) is 59.1 Å². The van der Waals surface area contributed by atoms with E-state index in [0.29, 0.717) is 13.2 Å². The van der Waals surface area contributed by atoms with Crippen molar-refractivity contribution in [3.63, 3.8) is 0 Å². The molecule has 0 aliphatic carbocycles. The normalized spacial score (nSPS) is 12.5. The molecule has 2 amide bonds. The van der Waals surface area contributed by atoms with Crippen LogP contribution in [0.2, 0.25) is 0 Å². The number of rotatable bonds is 20. The molecule has 11 heteroatoms. The standard InChI is InChI=1S/C46H54N8O3/c1-33(2)45(55)47-43(37-15-7-5-8-16-37)39-23-19-35(20-24-39)13-11-27-53-29-41(49-51-53)31-57-32-42-30-54(52-50-42)28-12-14-36-21-25-40(26-22-36)44(48-46(56)34(3)4)38-17-9-6-10-18-38/h5-10,15-26,29-30,33-34,43-44H,11-14,27-28,31-32H2,1-4H3,(H,47,55)(H,48,56)/t43-,44+. The van der Waals surface area contributed by atoms with Crippen LogP contribution >= 0.6 is 0 Å². The van der Waals surface area contributed by atoms with E-state index >= 15 is 0 Å². The van der Waals surface area contributed by atoms with Crippen molar-refractivity contribution in [2.75, 3.05) is 0 Å². The Balaban J connectivity index is 0.900. The lowest BCUT2D eigenvalue weighted by atomic mass is 9.96. The summed E-state index contributed by atoms with van der Waals surface area (Å²) in [4.78, 5) is 25.1. The van der Waals surface area contributed by atoms with Crippen LogP contribution < -0.4 is 10.6 Å². The van der Waals surface area contributed by atoms with Gasteiger partial charge in [-0.15, -0.1) is 10.2 Å². The lowest BCUT2D eigenvalue weighted by Crippen LogP contribution is -2.32. The number of nitrogens with zero attached hydrogens (tertiary/aromatic N) is 6. The summed E-state index contributed by atoms with van der Waals surface area (Å²) in [6, 6.07) is 36.8. The van der Waals surface area contributed by atoms with E-state index in [1.54, 1.807) is 0 Å². The Morgan fingerprint density at radius 1 is 0.544 bits per heavy atom. The van der Waals surface area contributed by atoms with Crippen LogP contribution in [-0.2, 0) is 53.5 Å². The maximum Gasteiger partial charge on any atom is 0.223 e. The van der Waals surface area contributed by atoms with Crippen LogP contribution in [0.15, 0.2) is 122 Å². The molecule has 0 unspecified atom stereocenters. The van der Waals surface area contributed by atoms with E-state index in [1.165, 1.54) is 11.1 Å². The molecule has 0 fully saturated rings. The predicted octanol–water partition coefficient (Wildman–Crippen LogP) is 7.58. The van der Waals surface area contributed by atoms with Gasteiger partial charge in [-0.2, -0.15) is 0 Å². The zero-order valence-electron chi connectivity index (χ0n) is 33.4. The highest BCUT2D eigenvalue weighted by molar-refractivity contribution is 5.79. The quantitative estimate of drug-likeness (QED) is 0.0820. The van der Waals surface area contributed by atoms with Gasteiger partial charge >= 0.3 is 0 Å². The van der Waals surface area contributed by atoms with Crippen LogP contribution in [0.25, 0.3) is 0 Å². The third-order valence-electron chi connectivity index (χ3n) is 9.89. The minimum Gasteiger partial charge on any atom is -0.369 e. The molecule has 2 heterocycles. The van der Waals surface area contributed by atoms with Crippen molar-refractivity contribution in [1.29, 1.82) is 0 Å². The molecule has 2 N–H and O–H groups in total. The monoisotopic (exact) mass is 766 g/mol. The molecule has 0 saturated heterocycles. The Kier molecular flexibility index (Phi) is 14.5. The van der Waals surface area contributed by atoms with E-state index in [0.717, 1.165) is 72.4 Å². The van der Waals surface area contributed by atoms with Crippen LogP contribution in [0.1, 0.15) is 97.4 Å². The second-order valence-electron chi connectivity index (χ2n) is 15.1. The van der Waals surface area contributed by atoms with Gasteiger partial charge < -0.3 is 15.4 Å². The fourth-order valence-electron chi connectivity index (χ4n) is 6.56. The molecule has 2 aromatic heterocycles. The van der Waals surface area contributed by atoms with Crippen molar-refractivity contribution >= 4 is 11.8 Å². The number of ether oxygens (including phenoxy) is 1. The summed E-state index contributed by atoms with van der Waals surface area (Å²) in [6.45, 7) is 9.80. The van der Waals surface area contributed by atoms with Crippen LogP contribution in [0.5, 0.6) is 0 Å². The number of hydrogen-bond acceptors (Lipinski definition) is 7. The minimum atomic E-state index is -0.189. The maximum atomic E-state index is 12.6. The Bertz CT molecular complexity index is 1970.